The van der Waals surface area contributed by atoms with Gasteiger partial charge in [0.2, 0.25) is 10.0 Å². The average molecular weight is 643 g/mol. The van der Waals surface area contributed by atoms with Crippen LogP contribution < -0.4 is 15.3 Å². The third-order valence-corrected chi connectivity index (χ3v) is 9.35. The summed E-state index contributed by atoms with van der Waals surface area (Å²) in [5, 5.41) is 14.5. The van der Waals surface area contributed by atoms with E-state index in [1.165, 1.54) is 29.2 Å². The van der Waals surface area contributed by atoms with Crippen molar-refractivity contribution in [2.75, 3.05) is 22.9 Å². The molecular weight excluding hydrogens is 614 g/mol. The smallest absolute Gasteiger partial charge is 0.348 e. The van der Waals surface area contributed by atoms with Gasteiger partial charge in [0, 0.05) is 12.2 Å². The summed E-state index contributed by atoms with van der Waals surface area (Å²) in [6.07, 6.45) is 0.992. The first-order valence-corrected chi connectivity index (χ1v) is 16.2. The minimum absolute atomic E-state index is 0.0202. The van der Waals surface area contributed by atoms with Crippen LogP contribution in [0, 0.1) is 11.2 Å². The van der Waals surface area contributed by atoms with E-state index < -0.39 is 40.7 Å². The molecule has 3 N–H and O–H groups in total. The van der Waals surface area contributed by atoms with Gasteiger partial charge in [0.05, 0.1) is 34.4 Å². The first kappa shape index (κ1) is 29.3. The molecule has 14 heteroatoms. The van der Waals surface area contributed by atoms with Gasteiger partial charge in [-0.25, -0.2) is 12.8 Å². The predicted octanol–water partition coefficient (Wildman–Crippen LogP) is 4.91. The van der Waals surface area contributed by atoms with E-state index in [9.17, 15) is 27.3 Å². The van der Waals surface area contributed by atoms with Crippen LogP contribution in [-0.2, 0) is 30.5 Å². The Bertz CT molecular complexity index is 1570. The summed E-state index contributed by atoms with van der Waals surface area (Å²) in [5.41, 5.74) is 0.328. The fourth-order valence-corrected chi connectivity index (χ4v) is 7.41. The molecule has 0 saturated heterocycles. The van der Waals surface area contributed by atoms with Crippen LogP contribution >= 0.6 is 23.4 Å². The van der Waals surface area contributed by atoms with Crippen LogP contribution in [0.2, 0.25) is 0 Å². The molecule has 2 aliphatic rings. The molecule has 1 amide bonds. The minimum Gasteiger partial charge on any atom is -0.509 e. The largest absolute Gasteiger partial charge is 0.509 e. The van der Waals surface area contributed by atoms with Crippen LogP contribution in [0.15, 0.2) is 57.0 Å². The Morgan fingerprint density at radius 2 is 1.95 bits per heavy atom. The molecule has 10 nitrogen and oxygen atoms in total. The van der Waals surface area contributed by atoms with Gasteiger partial charge in [0.1, 0.15) is 17.1 Å². The second-order valence-electron chi connectivity index (χ2n) is 10.3. The van der Waals surface area contributed by atoms with E-state index >= 15 is 0 Å². The molecule has 2 unspecified atom stereocenters. The lowest BCUT2D eigenvalue weighted by molar-refractivity contribution is -0.129. The number of aliphatic hydroxyl groups is 1. The number of amidine groups is 1. The van der Waals surface area contributed by atoms with Gasteiger partial charge in [-0.2, -0.15) is 4.76 Å². The number of halogens is 2. The van der Waals surface area contributed by atoms with E-state index in [1.54, 1.807) is 19.1 Å². The maximum absolute atomic E-state index is 14.0. The van der Waals surface area contributed by atoms with Crippen molar-refractivity contribution in [2.24, 2.45) is 10.2 Å². The van der Waals surface area contributed by atoms with E-state index in [2.05, 4.69) is 30.7 Å². The topological polar surface area (TPSA) is 137 Å². The third kappa shape index (κ3) is 5.91. The first-order chi connectivity index (χ1) is 18.0. The lowest BCUT2D eigenvalue weighted by atomic mass is 9.85. The van der Waals surface area contributed by atoms with Gasteiger partial charge in [-0.3, -0.25) is 14.1 Å². The monoisotopic (exact) mass is 642 g/mol. The minimum atomic E-state index is -3.99. The maximum atomic E-state index is 14.0. The molecule has 0 radical (unpaired) electrons. The number of hydrogen-bond acceptors (Lipinski definition) is 7. The van der Waals surface area contributed by atoms with Gasteiger partial charge in [0.25, 0.3) is 5.91 Å². The zero-order chi connectivity index (χ0) is 28.9. The number of sulfonamides is 1. The average Bonchev–Trinajstić information content (AvgIpc) is 3.05. The molecule has 2 aromatic carbocycles. The Hall–Kier alpha value is -2.73. The summed E-state index contributed by atoms with van der Waals surface area (Å²) in [4.78, 5) is 15.3. The van der Waals surface area contributed by atoms with Crippen molar-refractivity contribution in [2.45, 2.75) is 40.3 Å². The fraction of sp³-hybridized carbons (Fsp3) is 0.360. The number of hydrogen-bond donors (Lipinski definition) is 3. The van der Waals surface area contributed by atoms with Gasteiger partial charge in [-0.05, 0) is 64.2 Å². The molecule has 2 aromatic rings. The molecule has 2 heterocycles. The molecule has 39 heavy (non-hydrogen) atoms. The van der Waals surface area contributed by atoms with Crippen LogP contribution in [0.5, 0.6) is 0 Å². The lowest BCUT2D eigenvalue weighted by Crippen LogP contribution is -2.43. The Morgan fingerprint density at radius 1 is 1.26 bits per heavy atom. The van der Waals surface area contributed by atoms with E-state index in [0.717, 1.165) is 6.26 Å². The molecule has 0 saturated carbocycles. The lowest BCUT2D eigenvalue weighted by Gasteiger charge is -2.35. The number of anilines is 2. The Morgan fingerprint density at radius 3 is 2.54 bits per heavy atom. The Kier molecular flexibility index (Phi) is 7.76. The zero-order valence-electron chi connectivity index (χ0n) is 21.9. The van der Waals surface area contributed by atoms with Gasteiger partial charge < -0.3 is 19.8 Å². The number of carbonyl (C=O) groups excluding carboxylic acids is 1. The number of fused-ring (bicyclic) bond motifs is 1. The standard InChI is InChI=1S/C25H29BrFN4O6PS/c1-6-37-38(34)19-12-15(30-39(5,35)36)8-10-18(19)28-23(29-38)20-21(32)22(25(2,3)4)31(24(20)33)13-14-7-9-17(27)16(26)11-14/h7-12,22,30,32H,6,13H2,1-5H3,(H,28,29,34). The second kappa shape index (κ2) is 10.3. The number of benzene rings is 2. The normalized spacial score (nSPS) is 21.5. The van der Waals surface area contributed by atoms with Crippen molar-refractivity contribution in [1.82, 2.24) is 4.90 Å². The molecule has 0 aromatic heterocycles. The number of rotatable bonds is 7. The van der Waals surface area contributed by atoms with E-state index in [1.807, 2.05) is 20.8 Å². The van der Waals surface area contributed by atoms with Crippen molar-refractivity contribution in [3.05, 3.63) is 63.6 Å². The molecule has 2 aliphatic heterocycles. The second-order valence-corrected chi connectivity index (χ2v) is 14.9. The van der Waals surface area contributed by atoms with Gasteiger partial charge in [-0.1, -0.05) is 26.8 Å². The fourth-order valence-electron chi connectivity index (χ4n) is 4.63. The van der Waals surface area contributed by atoms with Crippen LogP contribution in [0.25, 0.3) is 0 Å². The van der Waals surface area contributed by atoms with Gasteiger partial charge >= 0.3 is 7.52 Å². The van der Waals surface area contributed by atoms with Crippen molar-refractivity contribution in [3.8, 4) is 0 Å². The van der Waals surface area contributed by atoms with Crippen molar-refractivity contribution in [3.63, 3.8) is 0 Å². The van der Waals surface area contributed by atoms with Crippen LogP contribution in [0.3, 0.4) is 0 Å². The van der Waals surface area contributed by atoms with Crippen molar-refractivity contribution >= 4 is 61.9 Å². The number of nitrogens with zero attached hydrogens (tertiary/aromatic N) is 2. The maximum Gasteiger partial charge on any atom is 0.348 e. The van der Waals surface area contributed by atoms with Crippen LogP contribution in [0.4, 0.5) is 15.8 Å². The third-order valence-electron chi connectivity index (χ3n) is 6.09. The summed E-state index contributed by atoms with van der Waals surface area (Å²) in [6.45, 7) is 7.32. The molecule has 0 spiro atoms. The molecular formula is C25H29BrFN4O6PS. The van der Waals surface area contributed by atoms with Crippen LogP contribution in [0.1, 0.15) is 33.3 Å². The molecule has 210 valence electrons. The summed E-state index contributed by atoms with van der Waals surface area (Å²) >= 11 is 3.16. The SMILES string of the molecule is CCOP1(=O)N=C(C2=C(O)C(C(C)(C)C)N(Cc3ccc(F)c(Br)c3)C2=O)Nc2ccc(NS(C)(=O)=O)cc21. The zero-order valence-corrected chi connectivity index (χ0v) is 25.2. The van der Waals surface area contributed by atoms with E-state index in [4.69, 9.17) is 4.52 Å². The van der Waals surface area contributed by atoms with Gasteiger partial charge in [-0.15, -0.1) is 0 Å². The Balaban J connectivity index is 1.79. The molecule has 2 atom stereocenters. The Labute approximate surface area is 235 Å². The summed E-state index contributed by atoms with van der Waals surface area (Å²) in [6, 6.07) is 7.97. The molecule has 0 aliphatic carbocycles. The van der Waals surface area contributed by atoms with Crippen LogP contribution in [-0.4, -0.2) is 49.1 Å². The molecule has 0 bridgehead atoms. The van der Waals surface area contributed by atoms with Crippen molar-refractivity contribution < 1.29 is 31.8 Å². The summed E-state index contributed by atoms with van der Waals surface area (Å²) in [5.74, 6) is -1.37. The quantitative estimate of drug-likeness (QED) is 0.365. The highest BCUT2D eigenvalue weighted by molar-refractivity contribution is 9.10. The highest BCUT2D eigenvalue weighted by Crippen LogP contribution is 2.53. The number of nitrogens with one attached hydrogen (secondary N) is 2. The highest BCUT2D eigenvalue weighted by Gasteiger charge is 2.48. The van der Waals surface area contributed by atoms with E-state index in [-0.39, 0.29) is 51.5 Å². The number of amides is 1. The number of carbonyl (C=O) groups is 1. The molecule has 0 fully saturated rings. The van der Waals surface area contributed by atoms with E-state index in [0.29, 0.717) is 5.56 Å². The molecule has 4 rings (SSSR count). The van der Waals surface area contributed by atoms with Gasteiger partial charge in [0.15, 0.2) is 5.84 Å². The first-order valence-electron chi connectivity index (χ1n) is 12.0. The summed E-state index contributed by atoms with van der Waals surface area (Å²) in [7, 11) is -7.59. The highest BCUT2D eigenvalue weighted by atomic mass is 79.9. The van der Waals surface area contributed by atoms with Crippen molar-refractivity contribution in [1.29, 1.82) is 0 Å². The predicted molar refractivity (Wildman–Crippen MR) is 152 cm³/mol. The summed E-state index contributed by atoms with van der Waals surface area (Å²) < 4.78 is 63.6. The number of aliphatic hydroxyl groups excluding tert-OH is 1.